The van der Waals surface area contributed by atoms with Gasteiger partial charge in [0.25, 0.3) is 0 Å². The lowest BCUT2D eigenvalue weighted by molar-refractivity contribution is 0.397. The minimum absolute atomic E-state index is 0.401. The Morgan fingerprint density at radius 2 is 2.43 bits per heavy atom. The molecule has 1 aromatic rings. The van der Waals surface area contributed by atoms with E-state index in [0.29, 0.717) is 6.04 Å². The Balaban J connectivity index is 1.81. The zero-order valence-electron chi connectivity index (χ0n) is 8.99. The fourth-order valence-electron chi connectivity index (χ4n) is 1.91. The third kappa shape index (κ3) is 2.18. The Hall–Kier alpha value is -0.760. The van der Waals surface area contributed by atoms with E-state index in [-0.39, 0.29) is 0 Å². The Bertz CT molecular complexity index is 268. The van der Waals surface area contributed by atoms with Gasteiger partial charge in [0.2, 0.25) is 0 Å². The van der Waals surface area contributed by atoms with Gasteiger partial charge >= 0.3 is 0 Å². The maximum absolute atomic E-state index is 5.40. The first-order chi connectivity index (χ1) is 6.81. The van der Waals surface area contributed by atoms with Gasteiger partial charge < -0.3 is 9.73 Å². The Morgan fingerprint density at radius 1 is 1.64 bits per heavy atom. The maximum Gasteiger partial charge on any atom is 0.120 e. The summed E-state index contributed by atoms with van der Waals surface area (Å²) in [5, 5.41) is 3.57. The van der Waals surface area contributed by atoms with Crippen LogP contribution in [0, 0.1) is 11.8 Å². The highest BCUT2D eigenvalue weighted by Gasteiger charge is 2.32. The van der Waals surface area contributed by atoms with Crippen molar-refractivity contribution < 1.29 is 4.42 Å². The summed E-state index contributed by atoms with van der Waals surface area (Å²) in [6.07, 6.45) is 4.23. The van der Waals surface area contributed by atoms with Crippen molar-refractivity contribution >= 4 is 0 Å². The van der Waals surface area contributed by atoms with E-state index in [4.69, 9.17) is 4.42 Å². The molecule has 78 valence electrons. The minimum atomic E-state index is 0.401. The van der Waals surface area contributed by atoms with Gasteiger partial charge in [0.1, 0.15) is 5.76 Å². The van der Waals surface area contributed by atoms with E-state index in [0.717, 1.165) is 30.6 Å². The van der Waals surface area contributed by atoms with Crippen LogP contribution in [0.15, 0.2) is 22.8 Å². The van der Waals surface area contributed by atoms with Gasteiger partial charge in [0.05, 0.1) is 12.3 Å². The minimum Gasteiger partial charge on any atom is -0.468 e. The molecular weight excluding hydrogens is 174 g/mol. The second-order valence-corrected chi connectivity index (χ2v) is 4.36. The van der Waals surface area contributed by atoms with Gasteiger partial charge in [-0.15, -0.1) is 0 Å². The molecule has 1 aliphatic rings. The van der Waals surface area contributed by atoms with Gasteiger partial charge in [0, 0.05) is 0 Å². The Morgan fingerprint density at radius 3 is 2.93 bits per heavy atom. The standard InChI is InChI=1S/C12H19NO/c1-3-11(12-5-4-6-14-12)13-8-10-7-9(10)2/h4-6,9-11,13H,3,7-8H2,1-2H3. The van der Waals surface area contributed by atoms with Crippen molar-refractivity contribution in [2.75, 3.05) is 6.54 Å². The van der Waals surface area contributed by atoms with Crippen molar-refractivity contribution in [1.29, 1.82) is 0 Å². The molecule has 1 aliphatic carbocycles. The molecule has 3 atom stereocenters. The molecule has 0 radical (unpaired) electrons. The first-order valence-corrected chi connectivity index (χ1v) is 5.58. The summed E-state index contributed by atoms with van der Waals surface area (Å²) in [6, 6.07) is 4.41. The highest BCUT2D eigenvalue weighted by atomic mass is 16.3. The van der Waals surface area contributed by atoms with Crippen molar-refractivity contribution in [2.45, 2.75) is 32.7 Å². The predicted molar refractivity (Wildman–Crippen MR) is 57.0 cm³/mol. The zero-order valence-corrected chi connectivity index (χ0v) is 8.99. The van der Waals surface area contributed by atoms with Gasteiger partial charge in [-0.05, 0) is 43.4 Å². The Kier molecular flexibility index (Phi) is 2.92. The van der Waals surface area contributed by atoms with Crippen LogP contribution in [0.25, 0.3) is 0 Å². The maximum atomic E-state index is 5.40. The van der Waals surface area contributed by atoms with E-state index in [1.54, 1.807) is 6.26 Å². The van der Waals surface area contributed by atoms with Gasteiger partial charge in [-0.1, -0.05) is 13.8 Å². The van der Waals surface area contributed by atoms with Crippen LogP contribution in [-0.4, -0.2) is 6.54 Å². The van der Waals surface area contributed by atoms with Crippen LogP contribution in [0.5, 0.6) is 0 Å². The lowest BCUT2D eigenvalue weighted by Gasteiger charge is -2.13. The van der Waals surface area contributed by atoms with Crippen LogP contribution in [0.1, 0.15) is 38.5 Å². The average molecular weight is 193 g/mol. The molecule has 1 aromatic heterocycles. The van der Waals surface area contributed by atoms with Gasteiger partial charge in [0.15, 0.2) is 0 Å². The van der Waals surface area contributed by atoms with Crippen molar-refractivity contribution in [3.63, 3.8) is 0 Å². The normalized spacial score (nSPS) is 27.6. The molecule has 1 saturated carbocycles. The molecule has 2 rings (SSSR count). The van der Waals surface area contributed by atoms with Gasteiger partial charge in [-0.3, -0.25) is 0 Å². The summed E-state index contributed by atoms with van der Waals surface area (Å²) in [7, 11) is 0. The topological polar surface area (TPSA) is 25.2 Å². The fourth-order valence-corrected chi connectivity index (χ4v) is 1.91. The van der Waals surface area contributed by atoms with E-state index in [1.807, 2.05) is 6.07 Å². The molecule has 14 heavy (non-hydrogen) atoms. The van der Waals surface area contributed by atoms with Crippen LogP contribution in [0.3, 0.4) is 0 Å². The third-order valence-corrected chi connectivity index (χ3v) is 3.20. The van der Waals surface area contributed by atoms with E-state index >= 15 is 0 Å². The molecule has 1 heterocycles. The quantitative estimate of drug-likeness (QED) is 0.777. The summed E-state index contributed by atoms with van der Waals surface area (Å²) in [6.45, 7) is 5.65. The van der Waals surface area contributed by atoms with Crippen LogP contribution >= 0.6 is 0 Å². The lowest BCUT2D eigenvalue weighted by atomic mass is 10.1. The van der Waals surface area contributed by atoms with Crippen LogP contribution in [0.2, 0.25) is 0 Å². The number of furan rings is 1. The first kappa shape index (κ1) is 9.78. The molecule has 2 heteroatoms. The summed E-state index contributed by atoms with van der Waals surface area (Å²) >= 11 is 0. The molecule has 1 fully saturated rings. The molecule has 0 spiro atoms. The zero-order chi connectivity index (χ0) is 9.97. The van der Waals surface area contributed by atoms with Crippen molar-refractivity contribution in [3.05, 3.63) is 24.2 Å². The molecule has 0 aliphatic heterocycles. The molecule has 0 saturated heterocycles. The highest BCUT2D eigenvalue weighted by molar-refractivity contribution is 5.04. The van der Waals surface area contributed by atoms with Crippen LogP contribution in [-0.2, 0) is 0 Å². The first-order valence-electron chi connectivity index (χ1n) is 5.58. The second kappa shape index (κ2) is 4.18. The summed E-state index contributed by atoms with van der Waals surface area (Å²) in [5.74, 6) is 2.90. The molecule has 0 bridgehead atoms. The molecule has 1 N–H and O–H groups in total. The monoisotopic (exact) mass is 193 g/mol. The van der Waals surface area contributed by atoms with Gasteiger partial charge in [-0.2, -0.15) is 0 Å². The van der Waals surface area contributed by atoms with Crippen molar-refractivity contribution in [3.8, 4) is 0 Å². The molecular formula is C12H19NO. The second-order valence-electron chi connectivity index (χ2n) is 4.36. The number of nitrogens with one attached hydrogen (secondary N) is 1. The van der Waals surface area contributed by atoms with Crippen molar-refractivity contribution in [1.82, 2.24) is 5.32 Å². The largest absolute Gasteiger partial charge is 0.468 e. The van der Waals surface area contributed by atoms with E-state index in [1.165, 1.54) is 6.42 Å². The summed E-state index contributed by atoms with van der Waals surface area (Å²) in [4.78, 5) is 0. The average Bonchev–Trinajstić information content (AvgIpc) is 2.70. The predicted octanol–water partition coefficient (Wildman–Crippen LogP) is 2.98. The van der Waals surface area contributed by atoms with E-state index < -0.39 is 0 Å². The number of hydrogen-bond acceptors (Lipinski definition) is 2. The third-order valence-electron chi connectivity index (χ3n) is 3.20. The molecule has 0 aromatic carbocycles. The summed E-state index contributed by atoms with van der Waals surface area (Å²) in [5.41, 5.74) is 0. The molecule has 2 nitrogen and oxygen atoms in total. The number of hydrogen-bond donors (Lipinski definition) is 1. The fraction of sp³-hybridized carbons (Fsp3) is 0.667. The lowest BCUT2D eigenvalue weighted by Crippen LogP contribution is -2.23. The van der Waals surface area contributed by atoms with Crippen molar-refractivity contribution in [2.24, 2.45) is 11.8 Å². The van der Waals surface area contributed by atoms with Crippen LogP contribution < -0.4 is 5.32 Å². The summed E-state index contributed by atoms with van der Waals surface area (Å²) < 4.78 is 5.40. The Labute approximate surface area is 85.7 Å². The van der Waals surface area contributed by atoms with E-state index in [9.17, 15) is 0 Å². The SMILES string of the molecule is CCC(NCC1CC1C)c1ccco1. The molecule has 0 amide bonds. The van der Waals surface area contributed by atoms with Gasteiger partial charge in [-0.25, -0.2) is 0 Å². The number of rotatable bonds is 5. The molecule has 3 unspecified atom stereocenters. The highest BCUT2D eigenvalue weighted by Crippen LogP contribution is 2.37. The van der Waals surface area contributed by atoms with E-state index in [2.05, 4.69) is 25.2 Å². The van der Waals surface area contributed by atoms with Crippen LogP contribution in [0.4, 0.5) is 0 Å². The smallest absolute Gasteiger partial charge is 0.120 e.